The fourth-order valence-corrected chi connectivity index (χ4v) is 2.32. The van der Waals surface area contributed by atoms with E-state index in [1.54, 1.807) is 0 Å². The van der Waals surface area contributed by atoms with Crippen LogP contribution in [0.15, 0.2) is 0 Å². The van der Waals surface area contributed by atoms with Crippen LogP contribution in [-0.2, 0) is 4.12 Å². The first-order valence-corrected chi connectivity index (χ1v) is 3.93. The molecule has 0 rings (SSSR count). The molecule has 0 aromatic carbocycles. The number of hydrogen-bond acceptors (Lipinski definition) is 2. The molecule has 0 aliphatic carbocycles. The van der Waals surface area contributed by atoms with Gasteiger partial charge >= 0.3 is 0 Å². The van der Waals surface area contributed by atoms with Crippen LogP contribution in [0.1, 0.15) is 0 Å². The Hall–Kier alpha value is 0.354. The van der Waals surface area contributed by atoms with Crippen LogP contribution in [0.5, 0.6) is 0 Å². The van der Waals surface area contributed by atoms with Crippen LogP contribution in [0, 0.1) is 0 Å². The van der Waals surface area contributed by atoms with Crippen molar-refractivity contribution in [3.8, 4) is 0 Å². The Balaban J connectivity index is 2.63. The molecule has 0 radical (unpaired) electrons. The normalized spacial score (nSPS) is 12.5. The second-order valence-electron chi connectivity index (χ2n) is 1.50. The Labute approximate surface area is 44.0 Å². The summed E-state index contributed by atoms with van der Waals surface area (Å²) in [6.07, 6.45) is 0. The van der Waals surface area contributed by atoms with E-state index in [9.17, 15) is 0 Å². The average Bonchev–Trinajstić information content (AvgIpc) is 1.35. The van der Waals surface area contributed by atoms with E-state index in [-0.39, 0.29) is 9.92 Å². The molecule has 2 nitrogen and oxygen atoms in total. The zero-order chi connectivity index (χ0) is 4.99. The van der Waals surface area contributed by atoms with Gasteiger partial charge in [-0.25, -0.2) is 0 Å². The summed E-state index contributed by atoms with van der Waals surface area (Å²) in [6.45, 7) is 0. The van der Waals surface area contributed by atoms with Gasteiger partial charge < -0.3 is 8.68 Å². The number of nitrogens with zero attached hydrogens (tertiary/aromatic N) is 1. The first kappa shape index (κ1) is 6.35. The lowest BCUT2D eigenvalue weighted by Crippen LogP contribution is -2.18. The molecule has 4 heteroatoms. The summed E-state index contributed by atoms with van der Waals surface area (Å²) in [5, 5.41) is 0. The van der Waals surface area contributed by atoms with Crippen LogP contribution in [0.2, 0.25) is 0 Å². The highest BCUT2D eigenvalue weighted by atomic mass is 28.3. The van der Waals surface area contributed by atoms with Gasteiger partial charge in [-0.15, -0.1) is 0 Å². The second kappa shape index (κ2) is 3.54. The van der Waals surface area contributed by atoms with Crippen molar-refractivity contribution in [2.24, 2.45) is 0 Å². The molecule has 38 valence electrons. The SMILES string of the molecule is CN(C)[SiH2]O[SiH3]. The van der Waals surface area contributed by atoms with Gasteiger partial charge in [-0.3, -0.25) is 0 Å². The smallest absolute Gasteiger partial charge is 0.226 e. The molecular weight excluding hydrogens is 110 g/mol. The van der Waals surface area contributed by atoms with Gasteiger partial charge in [-0.2, -0.15) is 0 Å². The maximum absolute atomic E-state index is 5.01. The predicted molar refractivity (Wildman–Crippen MR) is 33.3 cm³/mol. The molecule has 0 unspecified atom stereocenters. The van der Waals surface area contributed by atoms with Crippen molar-refractivity contribution in [1.82, 2.24) is 4.57 Å². The van der Waals surface area contributed by atoms with Crippen molar-refractivity contribution in [3.05, 3.63) is 0 Å². The fraction of sp³-hybridized carbons (Fsp3) is 1.00. The topological polar surface area (TPSA) is 12.5 Å². The van der Waals surface area contributed by atoms with E-state index in [1.165, 1.54) is 0 Å². The molecular formula is C2H11NOSi2. The summed E-state index contributed by atoms with van der Waals surface area (Å²) < 4.78 is 7.14. The third-order valence-electron chi connectivity index (χ3n) is 0.387. The highest BCUT2D eigenvalue weighted by Crippen LogP contribution is 1.63. The van der Waals surface area contributed by atoms with Gasteiger partial charge in [0.25, 0.3) is 0 Å². The summed E-state index contributed by atoms with van der Waals surface area (Å²) in [5.41, 5.74) is 0. The highest BCUT2D eigenvalue weighted by molar-refractivity contribution is 6.31. The molecule has 0 aliphatic heterocycles. The summed E-state index contributed by atoms with van der Waals surface area (Å²) in [6, 6.07) is 0. The molecule has 0 N–H and O–H groups in total. The van der Waals surface area contributed by atoms with E-state index in [0.29, 0.717) is 0 Å². The molecule has 0 amide bonds. The number of hydrogen-bond donors (Lipinski definition) is 0. The first-order chi connectivity index (χ1) is 2.77. The lowest BCUT2D eigenvalue weighted by Gasteiger charge is -2.04. The van der Waals surface area contributed by atoms with Crippen LogP contribution < -0.4 is 0 Å². The molecule has 0 aliphatic rings. The first-order valence-electron chi connectivity index (χ1n) is 1.91. The van der Waals surface area contributed by atoms with E-state index in [1.807, 2.05) is 14.1 Å². The van der Waals surface area contributed by atoms with Crippen molar-refractivity contribution in [2.45, 2.75) is 0 Å². The molecule has 6 heavy (non-hydrogen) atoms. The van der Waals surface area contributed by atoms with Crippen LogP contribution in [0.3, 0.4) is 0 Å². The fourth-order valence-electron chi connectivity index (χ4n) is 0.258. The minimum atomic E-state index is -0.248. The monoisotopic (exact) mass is 121 g/mol. The van der Waals surface area contributed by atoms with E-state index >= 15 is 0 Å². The van der Waals surface area contributed by atoms with Gasteiger partial charge in [0.1, 0.15) is 10.5 Å². The summed E-state index contributed by atoms with van der Waals surface area (Å²) in [7, 11) is 4.75. The second-order valence-corrected chi connectivity index (χ2v) is 5.33. The molecule has 0 heterocycles. The summed E-state index contributed by atoms with van der Waals surface area (Å²) in [4.78, 5) is 0. The molecule has 0 spiro atoms. The van der Waals surface area contributed by atoms with E-state index in [4.69, 9.17) is 4.12 Å². The van der Waals surface area contributed by atoms with E-state index < -0.39 is 0 Å². The molecule has 0 saturated carbocycles. The minimum Gasteiger partial charge on any atom is -0.457 e. The van der Waals surface area contributed by atoms with Gasteiger partial charge in [0, 0.05) is 0 Å². The Morgan fingerprint density at radius 1 is 1.67 bits per heavy atom. The zero-order valence-corrected chi connectivity index (χ0v) is 7.98. The van der Waals surface area contributed by atoms with Crippen LogP contribution in [-0.4, -0.2) is 39.1 Å². The van der Waals surface area contributed by atoms with Crippen molar-refractivity contribution < 1.29 is 4.12 Å². The minimum absolute atomic E-state index is 0.248. The molecule has 0 aromatic heterocycles. The largest absolute Gasteiger partial charge is 0.457 e. The maximum atomic E-state index is 5.01. The number of rotatable bonds is 2. The Kier molecular flexibility index (Phi) is 3.75. The molecule has 0 aromatic rings. The van der Waals surface area contributed by atoms with Crippen LogP contribution in [0.4, 0.5) is 0 Å². The van der Waals surface area contributed by atoms with Gasteiger partial charge in [0.05, 0.1) is 0 Å². The van der Waals surface area contributed by atoms with Gasteiger partial charge in [0.15, 0.2) is 0 Å². The van der Waals surface area contributed by atoms with E-state index in [0.717, 1.165) is 10.5 Å². The van der Waals surface area contributed by atoms with Gasteiger partial charge in [0.2, 0.25) is 9.92 Å². The highest BCUT2D eigenvalue weighted by Gasteiger charge is 1.81. The molecule has 0 atom stereocenters. The van der Waals surface area contributed by atoms with Crippen LogP contribution >= 0.6 is 0 Å². The average molecular weight is 121 g/mol. The van der Waals surface area contributed by atoms with E-state index in [2.05, 4.69) is 4.57 Å². The third kappa shape index (κ3) is 4.35. The Bertz CT molecular complexity index is 32.7. The standard InChI is InChI=1S/C2H11NOSi2/c1-3(2)6-4-5/h6H2,1-2,5H3. The van der Waals surface area contributed by atoms with Crippen LogP contribution in [0.25, 0.3) is 0 Å². The lowest BCUT2D eigenvalue weighted by molar-refractivity contribution is 0.532. The van der Waals surface area contributed by atoms with Gasteiger partial charge in [-0.05, 0) is 14.1 Å². The van der Waals surface area contributed by atoms with Crippen molar-refractivity contribution in [3.63, 3.8) is 0 Å². The Morgan fingerprint density at radius 3 is 2.17 bits per heavy atom. The molecule has 0 bridgehead atoms. The third-order valence-corrected chi connectivity index (χ3v) is 1.94. The predicted octanol–water partition coefficient (Wildman–Crippen LogP) is -2.16. The van der Waals surface area contributed by atoms with Crippen molar-refractivity contribution >= 4 is 20.4 Å². The molecule has 0 saturated heterocycles. The quantitative estimate of drug-likeness (QED) is 0.386. The maximum Gasteiger partial charge on any atom is 0.226 e. The molecule has 0 fully saturated rings. The zero-order valence-electron chi connectivity index (χ0n) is 4.56. The van der Waals surface area contributed by atoms with Gasteiger partial charge in [-0.1, -0.05) is 0 Å². The van der Waals surface area contributed by atoms with Crippen molar-refractivity contribution in [2.75, 3.05) is 14.1 Å². The van der Waals surface area contributed by atoms with Crippen molar-refractivity contribution in [1.29, 1.82) is 0 Å². The Morgan fingerprint density at radius 2 is 2.17 bits per heavy atom. The lowest BCUT2D eigenvalue weighted by atomic mass is 11.3. The summed E-state index contributed by atoms with van der Waals surface area (Å²) in [5.74, 6) is 0. The summed E-state index contributed by atoms with van der Waals surface area (Å²) >= 11 is 0.